The molecule has 5 aliphatic rings. The molecule has 4 aliphatic heterocycles. The Morgan fingerprint density at radius 2 is 1.75 bits per heavy atom. The van der Waals surface area contributed by atoms with Gasteiger partial charge in [0, 0.05) is 102 Å². The van der Waals surface area contributed by atoms with Crippen LogP contribution in [-0.4, -0.2) is 120 Å². The standard InChI is InChI=1S/C55H69ClN8O9SSi/c1-55(2)17-13-40(45(33-55)37-7-9-41(56)10-8-37)34-60-20-22-61(23-21-60)42-11-12-44(47(30-42)63-18-6-24-72-54-49(63)29-39-14-19-62(52(39)58-54)36-71-27-28-75(3,4)5)53(65)59-74(68,69)43-31-48(64(66)67)51-50(32-43)73-35-46(57-51)38-15-25-70-26-16-38/h7-12,14,19,29-32,38,46,57H,6,13,15-18,20-28,33-36H2,1-5H3,(H,59,65)/t46-/m0/s1. The predicted molar refractivity (Wildman–Crippen MR) is 296 cm³/mol. The van der Waals surface area contributed by atoms with Crippen LogP contribution in [0.1, 0.15) is 68.3 Å². The number of carbonyl (C=O) groups excluding carboxylic acids is 1. The van der Waals surface area contributed by atoms with Crippen molar-refractivity contribution in [3.05, 3.63) is 105 Å². The lowest BCUT2D eigenvalue weighted by Gasteiger charge is -2.39. The maximum Gasteiger partial charge on any atom is 0.297 e. The van der Waals surface area contributed by atoms with Gasteiger partial charge in [0.1, 0.15) is 24.7 Å². The van der Waals surface area contributed by atoms with Crippen molar-refractivity contribution in [1.29, 1.82) is 0 Å². The number of pyridine rings is 1. The van der Waals surface area contributed by atoms with E-state index in [1.165, 1.54) is 22.8 Å². The van der Waals surface area contributed by atoms with Crippen LogP contribution in [0, 0.1) is 21.4 Å². The maximum absolute atomic E-state index is 14.7. The molecule has 0 bridgehead atoms. The number of nitrogens with zero attached hydrogens (tertiary/aromatic N) is 6. The molecule has 1 atom stereocenters. The van der Waals surface area contributed by atoms with Crippen LogP contribution >= 0.6 is 11.6 Å². The Bertz CT molecular complexity index is 3090. The maximum atomic E-state index is 14.7. The Labute approximate surface area is 445 Å². The van der Waals surface area contributed by atoms with Crippen LogP contribution in [0.4, 0.5) is 28.4 Å². The highest BCUT2D eigenvalue weighted by Crippen LogP contribution is 2.45. The average Bonchev–Trinajstić information content (AvgIpc) is 3.66. The number of benzene rings is 3. The van der Waals surface area contributed by atoms with Crippen molar-refractivity contribution in [2.45, 2.75) is 95.7 Å². The van der Waals surface area contributed by atoms with Gasteiger partial charge in [-0.25, -0.2) is 13.1 Å². The Kier molecular flexibility index (Phi) is 15.3. The lowest BCUT2D eigenvalue weighted by atomic mass is 9.72. The smallest absolute Gasteiger partial charge is 0.297 e. The van der Waals surface area contributed by atoms with Crippen LogP contribution in [0.2, 0.25) is 30.7 Å². The second-order valence-corrected chi connectivity index (χ2v) is 30.4. The summed E-state index contributed by atoms with van der Waals surface area (Å²) in [5.74, 6) is -0.324. The van der Waals surface area contributed by atoms with E-state index in [0.29, 0.717) is 69.0 Å². The molecule has 3 aromatic carbocycles. The summed E-state index contributed by atoms with van der Waals surface area (Å²) >= 11 is 6.31. The molecule has 1 amide bonds. The van der Waals surface area contributed by atoms with E-state index in [1.807, 2.05) is 52.1 Å². The first-order valence-electron chi connectivity index (χ1n) is 26.3. The number of nitro benzene ring substituents is 1. The minimum atomic E-state index is -4.69. The number of nitrogens with one attached hydrogen (secondary N) is 2. The molecule has 2 fully saturated rings. The van der Waals surface area contributed by atoms with Gasteiger partial charge in [-0.1, -0.05) is 62.8 Å². The van der Waals surface area contributed by atoms with Gasteiger partial charge < -0.3 is 38.6 Å². The molecule has 0 unspecified atom stereocenters. The molecule has 1 aliphatic carbocycles. The van der Waals surface area contributed by atoms with Crippen LogP contribution in [0.25, 0.3) is 16.6 Å². The molecule has 0 saturated carbocycles. The van der Waals surface area contributed by atoms with Gasteiger partial charge in [0.05, 0.1) is 33.7 Å². The topological polar surface area (TPSA) is 183 Å². The van der Waals surface area contributed by atoms with Crippen molar-refractivity contribution < 1.29 is 37.1 Å². The number of anilines is 4. The number of allylic oxidation sites excluding steroid dienone is 1. The monoisotopic (exact) mass is 1080 g/mol. The van der Waals surface area contributed by atoms with E-state index >= 15 is 0 Å². The van der Waals surface area contributed by atoms with Gasteiger partial charge >= 0.3 is 0 Å². The number of halogens is 1. The van der Waals surface area contributed by atoms with E-state index in [2.05, 4.69) is 65.5 Å². The first kappa shape index (κ1) is 52.7. The molecule has 2 aromatic heterocycles. The number of rotatable bonds is 15. The zero-order chi connectivity index (χ0) is 52.6. The van der Waals surface area contributed by atoms with Crippen LogP contribution in [0.5, 0.6) is 11.6 Å². The van der Waals surface area contributed by atoms with Crippen molar-refractivity contribution in [2.75, 3.05) is 87.4 Å². The third kappa shape index (κ3) is 12.0. The van der Waals surface area contributed by atoms with Gasteiger partial charge in [-0.15, -0.1) is 0 Å². The molecule has 6 heterocycles. The predicted octanol–water partition coefficient (Wildman–Crippen LogP) is 10.3. The molecule has 10 rings (SSSR count). The van der Waals surface area contributed by atoms with Crippen LogP contribution in [0.15, 0.2) is 83.4 Å². The summed E-state index contributed by atoms with van der Waals surface area (Å²) in [6.07, 6.45) is 7.24. The number of sulfonamides is 1. The van der Waals surface area contributed by atoms with Gasteiger partial charge in [-0.3, -0.25) is 19.8 Å². The van der Waals surface area contributed by atoms with Crippen molar-refractivity contribution in [1.82, 2.24) is 19.2 Å². The molecule has 75 heavy (non-hydrogen) atoms. The Morgan fingerprint density at radius 1 is 0.973 bits per heavy atom. The second kappa shape index (κ2) is 21.7. The van der Waals surface area contributed by atoms with Crippen molar-refractivity contribution in [3.8, 4) is 11.6 Å². The molecular formula is C55H69ClN8O9SSi. The summed E-state index contributed by atoms with van der Waals surface area (Å²) in [5.41, 5.74) is 6.74. The summed E-state index contributed by atoms with van der Waals surface area (Å²) < 4.78 is 56.9. The van der Waals surface area contributed by atoms with Crippen LogP contribution < -0.4 is 29.3 Å². The Hall–Kier alpha value is -5.70. The van der Waals surface area contributed by atoms with Crippen molar-refractivity contribution in [3.63, 3.8) is 0 Å². The Morgan fingerprint density at radius 3 is 2.49 bits per heavy atom. The summed E-state index contributed by atoms with van der Waals surface area (Å²) in [5, 5.41) is 17.4. The fourth-order valence-electron chi connectivity index (χ4n) is 11.0. The zero-order valence-corrected chi connectivity index (χ0v) is 46.2. The highest BCUT2D eigenvalue weighted by atomic mass is 35.5. The van der Waals surface area contributed by atoms with E-state index in [0.717, 1.165) is 93.0 Å². The third-order valence-corrected chi connectivity index (χ3v) is 18.7. The first-order valence-corrected chi connectivity index (χ1v) is 31.9. The lowest BCUT2D eigenvalue weighted by Crippen LogP contribution is -2.47. The van der Waals surface area contributed by atoms with E-state index in [4.69, 9.17) is 35.5 Å². The second-order valence-electron chi connectivity index (χ2n) is 22.6. The van der Waals surface area contributed by atoms with Crippen molar-refractivity contribution >= 4 is 80.6 Å². The summed E-state index contributed by atoms with van der Waals surface area (Å²) in [4.78, 5) is 38.0. The number of nitro groups is 1. The van der Waals surface area contributed by atoms with E-state index in [-0.39, 0.29) is 41.0 Å². The minimum Gasteiger partial charge on any atom is -0.489 e. The number of amides is 1. The average molecular weight is 1080 g/mol. The number of aromatic nitrogens is 2. The number of carbonyl (C=O) groups is 1. The van der Waals surface area contributed by atoms with Gasteiger partial charge in [0.2, 0.25) is 5.88 Å². The number of hydrogen-bond acceptors (Lipinski definition) is 14. The molecule has 2 N–H and O–H groups in total. The normalized spacial score (nSPS) is 19.6. The van der Waals surface area contributed by atoms with E-state index in [1.54, 1.807) is 6.07 Å². The molecule has 400 valence electrons. The Balaban J connectivity index is 0.948. The van der Waals surface area contributed by atoms with Gasteiger partial charge in [0.25, 0.3) is 21.6 Å². The van der Waals surface area contributed by atoms with Crippen molar-refractivity contribution in [2.24, 2.45) is 11.3 Å². The van der Waals surface area contributed by atoms with Gasteiger partial charge in [0.15, 0.2) is 11.4 Å². The number of piperazine rings is 1. The largest absolute Gasteiger partial charge is 0.489 e. The number of hydrogen-bond donors (Lipinski definition) is 2. The quantitative estimate of drug-likeness (QED) is 0.0437. The van der Waals surface area contributed by atoms with Gasteiger partial charge in [-0.2, -0.15) is 4.98 Å². The van der Waals surface area contributed by atoms with Gasteiger partial charge in [-0.05, 0) is 110 Å². The molecule has 0 spiro atoms. The number of fused-ring (bicyclic) bond motifs is 3. The summed E-state index contributed by atoms with van der Waals surface area (Å²) in [6.45, 7) is 18.8. The van der Waals surface area contributed by atoms with E-state index in [9.17, 15) is 23.3 Å². The molecular weight excluding hydrogens is 1010 g/mol. The van der Waals surface area contributed by atoms with Crippen LogP contribution in [0.3, 0.4) is 0 Å². The third-order valence-electron chi connectivity index (χ3n) is 15.4. The molecule has 20 heteroatoms. The highest BCUT2D eigenvalue weighted by Gasteiger charge is 2.36. The SMILES string of the molecule is CC1(C)CCC(CN2CCN(c3ccc(C(=O)NS(=O)(=O)c4cc5c(c([N+](=O)[O-])c4)N[C@H](C4CCOCC4)CO5)c(N4CCCOc5nc6c(ccn6COCC[Si](C)(C)C)cc54)c3)CC2)=C(c2ccc(Cl)cc2)C1. The lowest BCUT2D eigenvalue weighted by molar-refractivity contribution is -0.384. The summed E-state index contributed by atoms with van der Waals surface area (Å²) in [7, 11) is -5.98. The van der Waals surface area contributed by atoms with Crippen LogP contribution in [-0.2, 0) is 26.2 Å². The zero-order valence-electron chi connectivity index (χ0n) is 43.7. The molecule has 5 aromatic rings. The first-order chi connectivity index (χ1) is 35.9. The fourth-order valence-corrected chi connectivity index (χ4v) is 12.9. The number of ether oxygens (including phenoxy) is 4. The molecule has 0 radical (unpaired) electrons. The highest BCUT2D eigenvalue weighted by molar-refractivity contribution is 7.90. The molecule has 17 nitrogen and oxygen atoms in total. The fraction of sp³-hybridized carbons (Fsp3) is 0.491. The molecule has 2 saturated heterocycles. The summed E-state index contributed by atoms with van der Waals surface area (Å²) in [6, 6.07) is 20.7. The van der Waals surface area contributed by atoms with E-state index < -0.39 is 39.5 Å². The minimum absolute atomic E-state index is 0.0267.